The fraction of sp³-hybridized carbons (Fsp3) is 0.394. The molecule has 3 aliphatic heterocycles. The molecule has 1 N–H and O–H groups in total. The van der Waals surface area contributed by atoms with Crippen LogP contribution < -0.4 is 14.4 Å². The molecule has 0 unspecified atom stereocenters. The number of hydrogen-bond donors (Lipinski definition) is 1. The molecular weight excluding hydrogens is 566 g/mol. The predicted octanol–water partition coefficient (Wildman–Crippen LogP) is 5.13. The number of rotatable bonds is 6. The van der Waals surface area contributed by atoms with Crippen LogP contribution in [0.1, 0.15) is 37.7 Å². The Bertz CT molecular complexity index is 1890. The number of phenols is 1. The van der Waals surface area contributed by atoms with Crippen molar-refractivity contribution in [3.05, 3.63) is 41.7 Å². The molecule has 2 fully saturated rings. The molecule has 3 aliphatic rings. The van der Waals surface area contributed by atoms with Crippen LogP contribution in [0, 0.1) is 29.5 Å². The van der Waals surface area contributed by atoms with Crippen molar-refractivity contribution in [2.75, 3.05) is 38.3 Å². The maximum atomic E-state index is 14.9. The van der Waals surface area contributed by atoms with E-state index in [9.17, 15) is 19.1 Å². The van der Waals surface area contributed by atoms with Gasteiger partial charge in [-0.15, -0.1) is 6.42 Å². The van der Waals surface area contributed by atoms with Crippen LogP contribution in [0.2, 0.25) is 0 Å². The van der Waals surface area contributed by atoms with Gasteiger partial charge >= 0.3 is 6.01 Å². The zero-order valence-electron chi connectivity index (χ0n) is 24.2. The maximum absolute atomic E-state index is 14.9. The first-order valence-electron chi connectivity index (χ1n) is 14.7. The average molecular weight is 597 g/mol. The lowest BCUT2D eigenvalue weighted by Crippen LogP contribution is -2.43. The van der Waals surface area contributed by atoms with Crippen LogP contribution in [-0.4, -0.2) is 76.1 Å². The molecule has 9 nitrogen and oxygen atoms in total. The number of terminal acetylenes is 1. The lowest BCUT2D eigenvalue weighted by molar-refractivity contribution is 0.107. The van der Waals surface area contributed by atoms with Crippen LogP contribution in [-0.2, 0) is 0 Å². The second kappa shape index (κ2) is 10.8. The van der Waals surface area contributed by atoms with Crippen LogP contribution in [0.3, 0.4) is 0 Å². The van der Waals surface area contributed by atoms with Gasteiger partial charge in [-0.25, -0.2) is 13.8 Å². The van der Waals surface area contributed by atoms with E-state index in [0.29, 0.717) is 64.6 Å². The third-order valence-electron chi connectivity index (χ3n) is 9.19. The number of nitrogens with zero attached hydrogens (tertiary/aromatic N) is 6. The number of hydrogen-bond acceptors (Lipinski definition) is 9. The molecule has 4 aromatic rings. The minimum absolute atomic E-state index is 0.0393. The molecule has 2 saturated heterocycles. The van der Waals surface area contributed by atoms with Gasteiger partial charge in [0.2, 0.25) is 5.88 Å². The second-order valence-corrected chi connectivity index (χ2v) is 11.8. The Kier molecular flexibility index (Phi) is 6.86. The third kappa shape index (κ3) is 4.59. The van der Waals surface area contributed by atoms with Gasteiger partial charge in [0, 0.05) is 37.4 Å². The van der Waals surface area contributed by atoms with Crippen molar-refractivity contribution < 1.29 is 23.4 Å². The second-order valence-electron chi connectivity index (χ2n) is 11.8. The van der Waals surface area contributed by atoms with Crippen molar-refractivity contribution in [3.8, 4) is 47.3 Å². The molecule has 2 aromatic heterocycles. The predicted molar refractivity (Wildman–Crippen MR) is 161 cm³/mol. The van der Waals surface area contributed by atoms with Gasteiger partial charge < -0.3 is 19.5 Å². The van der Waals surface area contributed by atoms with Gasteiger partial charge in [-0.2, -0.15) is 15.2 Å². The van der Waals surface area contributed by atoms with Crippen molar-refractivity contribution in [3.63, 3.8) is 0 Å². The smallest absolute Gasteiger partial charge is 0.319 e. The molecule has 2 aromatic carbocycles. The maximum Gasteiger partial charge on any atom is 0.319 e. The first-order chi connectivity index (χ1) is 21.3. The third-order valence-corrected chi connectivity index (χ3v) is 9.19. The fourth-order valence-corrected chi connectivity index (χ4v) is 7.03. The van der Waals surface area contributed by atoms with Crippen LogP contribution in [0.4, 0.5) is 14.6 Å². The molecule has 0 spiro atoms. The highest BCUT2D eigenvalue weighted by molar-refractivity contribution is 6.03. The quantitative estimate of drug-likeness (QED) is 0.303. The summed E-state index contributed by atoms with van der Waals surface area (Å²) in [6.45, 7) is 1.73. The number of alkyl halides is 1. The van der Waals surface area contributed by atoms with Gasteiger partial charge in [-0.3, -0.25) is 4.90 Å². The van der Waals surface area contributed by atoms with E-state index >= 15 is 0 Å². The van der Waals surface area contributed by atoms with Crippen molar-refractivity contribution in [1.29, 1.82) is 5.26 Å². The summed E-state index contributed by atoms with van der Waals surface area (Å²) in [6.07, 6.45) is 7.93. The van der Waals surface area contributed by atoms with Crippen molar-refractivity contribution in [2.24, 2.45) is 0 Å². The number of halogens is 2. The molecular formula is C33H30F2N6O3. The Balaban J connectivity index is 1.39. The van der Waals surface area contributed by atoms with Gasteiger partial charge in [0.05, 0.1) is 34.4 Å². The van der Waals surface area contributed by atoms with E-state index < -0.39 is 12.0 Å². The van der Waals surface area contributed by atoms with Crippen LogP contribution >= 0.6 is 0 Å². The lowest BCUT2D eigenvalue weighted by Gasteiger charge is -2.31. The summed E-state index contributed by atoms with van der Waals surface area (Å²) in [4.78, 5) is 18.5. The minimum atomic E-state index is -0.892. The van der Waals surface area contributed by atoms with Crippen molar-refractivity contribution in [2.45, 2.75) is 49.9 Å². The summed E-state index contributed by atoms with van der Waals surface area (Å²) in [5.41, 5.74) is 0.902. The monoisotopic (exact) mass is 596 g/mol. The highest BCUT2D eigenvalue weighted by Gasteiger charge is 2.49. The van der Waals surface area contributed by atoms with Gasteiger partial charge in [0.15, 0.2) is 0 Å². The number of benzene rings is 2. The van der Waals surface area contributed by atoms with Gasteiger partial charge in [0.25, 0.3) is 0 Å². The number of likely N-dealkylation sites (N-methyl/N-ethyl adjacent to an activating group) is 1. The summed E-state index contributed by atoms with van der Waals surface area (Å²) in [5, 5.41) is 21.4. The Morgan fingerprint density at radius 3 is 2.91 bits per heavy atom. The molecule has 0 saturated carbocycles. The Labute approximate surface area is 253 Å². The number of anilines is 1. The zero-order valence-corrected chi connectivity index (χ0v) is 24.2. The van der Waals surface area contributed by atoms with Crippen LogP contribution in [0.25, 0.3) is 32.9 Å². The van der Waals surface area contributed by atoms with E-state index in [1.54, 1.807) is 12.1 Å². The molecule has 0 bridgehead atoms. The molecule has 7 rings (SSSR count). The highest BCUT2D eigenvalue weighted by atomic mass is 19.1. The Hall–Kier alpha value is -4.74. The highest BCUT2D eigenvalue weighted by Crippen LogP contribution is 2.43. The van der Waals surface area contributed by atoms with Crippen LogP contribution in [0.5, 0.6) is 17.6 Å². The van der Waals surface area contributed by atoms with Crippen molar-refractivity contribution in [1.82, 2.24) is 19.9 Å². The van der Waals surface area contributed by atoms with E-state index in [0.717, 1.165) is 19.4 Å². The summed E-state index contributed by atoms with van der Waals surface area (Å²) in [5.74, 6) is 2.64. The van der Waals surface area contributed by atoms with Crippen molar-refractivity contribution >= 4 is 27.5 Å². The first kappa shape index (κ1) is 28.1. The SMILES string of the molecule is C#Cc1c(F)ccc2cc(O)cc(-c3cc4nc(OC[C@@]56CCCN5C[C@H](F)C6)nc5c4c(n3)OC[C@H](CCC#N)N5C)c12. The number of aromatic nitrogens is 3. The largest absolute Gasteiger partial charge is 0.508 e. The van der Waals surface area contributed by atoms with E-state index in [-0.39, 0.29) is 48.0 Å². The van der Waals surface area contributed by atoms with Gasteiger partial charge in [-0.1, -0.05) is 12.0 Å². The number of aromatic hydroxyl groups is 1. The molecule has 11 heteroatoms. The summed E-state index contributed by atoms with van der Waals surface area (Å²) in [6, 6.07) is 9.69. The molecule has 3 atom stereocenters. The van der Waals surface area contributed by atoms with Gasteiger partial charge in [-0.05, 0) is 55.5 Å². The molecule has 224 valence electrons. The number of pyridine rings is 1. The van der Waals surface area contributed by atoms with Gasteiger partial charge in [0.1, 0.15) is 42.2 Å². The normalized spacial score (nSPS) is 22.8. The van der Waals surface area contributed by atoms with E-state index in [2.05, 4.69) is 16.9 Å². The summed E-state index contributed by atoms with van der Waals surface area (Å²) >= 11 is 0. The number of nitriles is 1. The molecule has 44 heavy (non-hydrogen) atoms. The zero-order chi connectivity index (χ0) is 30.6. The topological polar surface area (TPSA) is 108 Å². The molecule has 5 heterocycles. The number of fused-ring (bicyclic) bond motifs is 2. The lowest BCUT2D eigenvalue weighted by atomic mass is 9.95. The molecule has 0 radical (unpaired) electrons. The molecule has 0 aliphatic carbocycles. The first-order valence-corrected chi connectivity index (χ1v) is 14.7. The molecule has 0 amide bonds. The number of phenolic OH excluding ortho intramolecular Hbond substituents is 1. The van der Waals surface area contributed by atoms with E-state index in [1.165, 1.54) is 18.2 Å². The minimum Gasteiger partial charge on any atom is -0.508 e. The number of ether oxygens (including phenoxy) is 2. The fourth-order valence-electron chi connectivity index (χ4n) is 7.03. The summed E-state index contributed by atoms with van der Waals surface area (Å²) < 4.78 is 41.8. The Morgan fingerprint density at radius 1 is 1.23 bits per heavy atom. The standard InChI is InChI=1S/C33H30F2N6O3/c1-3-23-25(35)8-7-19-12-22(42)13-24(28(19)23)26-14-27-29-30(40(2)21(6-4-10-36)17-43-31(29)37-26)39-32(38-27)44-18-33-9-5-11-41(33)16-20(34)15-33/h1,7-8,12-14,20-21,42H,4-6,9,11,15-18H2,2H3/t20-,21+,33+/m1/s1. The average Bonchev–Trinajstić information content (AvgIpc) is 3.50. The van der Waals surface area contributed by atoms with E-state index in [1.807, 2.05) is 11.9 Å². The van der Waals surface area contributed by atoms with E-state index in [4.69, 9.17) is 30.8 Å². The Morgan fingerprint density at radius 2 is 2.09 bits per heavy atom. The summed E-state index contributed by atoms with van der Waals surface area (Å²) in [7, 11) is 1.88. The van der Waals surface area contributed by atoms with Crippen LogP contribution in [0.15, 0.2) is 30.3 Å².